The molecule has 0 amide bonds. The molecule has 0 spiro atoms. The maximum atomic E-state index is 5.77. The number of nitrogens with one attached hydrogen (secondary N) is 2. The van der Waals surface area contributed by atoms with Crippen molar-refractivity contribution in [3.05, 3.63) is 11.6 Å². The van der Waals surface area contributed by atoms with Crippen LogP contribution >= 0.6 is 0 Å². The van der Waals surface area contributed by atoms with Gasteiger partial charge in [0.1, 0.15) is 0 Å². The van der Waals surface area contributed by atoms with Crippen molar-refractivity contribution in [3.63, 3.8) is 0 Å². The van der Waals surface area contributed by atoms with E-state index in [2.05, 4.69) is 51.3 Å². The summed E-state index contributed by atoms with van der Waals surface area (Å²) in [5.74, 6) is 5.38. The summed E-state index contributed by atoms with van der Waals surface area (Å²) in [5, 5.41) is 8.16. The highest BCUT2D eigenvalue weighted by Crippen LogP contribution is 2.67. The van der Waals surface area contributed by atoms with Crippen LogP contribution in [0.2, 0.25) is 0 Å². The molecule has 4 aliphatic rings. The summed E-state index contributed by atoms with van der Waals surface area (Å²) in [6.07, 6.45) is 27.1. The molecule has 0 aromatic heterocycles. The topological polar surface area (TPSA) is 76.1 Å². The molecule has 43 heavy (non-hydrogen) atoms. The summed E-state index contributed by atoms with van der Waals surface area (Å²) in [6.45, 7) is 16.9. The van der Waals surface area contributed by atoms with Crippen LogP contribution in [0.3, 0.4) is 0 Å². The van der Waals surface area contributed by atoms with Gasteiger partial charge >= 0.3 is 0 Å². The largest absolute Gasteiger partial charge is 0.330 e. The predicted molar refractivity (Wildman–Crippen MR) is 187 cm³/mol. The molecule has 0 radical (unpaired) electrons. The molecule has 0 aromatic rings. The lowest BCUT2D eigenvalue weighted by atomic mass is 9.45. The molecule has 0 aliphatic heterocycles. The predicted octanol–water partition coefficient (Wildman–Crippen LogP) is 8.59. The van der Waals surface area contributed by atoms with Crippen LogP contribution in [-0.2, 0) is 0 Å². The Morgan fingerprint density at radius 1 is 0.744 bits per heavy atom. The van der Waals surface area contributed by atoms with Crippen LogP contribution in [-0.4, -0.2) is 38.3 Å². The maximum Gasteiger partial charge on any atom is 0.0288 e. The summed E-state index contributed by atoms with van der Waals surface area (Å²) in [5.41, 5.74) is 14.2. The molecule has 0 aromatic carbocycles. The first-order valence-corrected chi connectivity index (χ1v) is 19.3. The molecule has 0 bridgehead atoms. The van der Waals surface area contributed by atoms with Gasteiger partial charge < -0.3 is 22.1 Å². The Hall–Kier alpha value is -0.420. The van der Waals surface area contributed by atoms with E-state index in [-0.39, 0.29) is 0 Å². The van der Waals surface area contributed by atoms with Crippen LogP contribution < -0.4 is 22.1 Å². The zero-order valence-corrected chi connectivity index (χ0v) is 29.4. The lowest BCUT2D eigenvalue weighted by molar-refractivity contribution is -0.0659. The van der Waals surface area contributed by atoms with E-state index in [0.717, 1.165) is 61.7 Å². The quantitative estimate of drug-likeness (QED) is 0.0887. The number of hydrogen-bond acceptors (Lipinski definition) is 4. The van der Waals surface area contributed by atoms with Gasteiger partial charge in [0.25, 0.3) is 0 Å². The lowest BCUT2D eigenvalue weighted by Gasteiger charge is -2.61. The fraction of sp³-hybridized carbons (Fsp3) is 0.949. The van der Waals surface area contributed by atoms with Gasteiger partial charge in [-0.2, -0.15) is 0 Å². The van der Waals surface area contributed by atoms with Crippen LogP contribution in [0.15, 0.2) is 11.6 Å². The third kappa shape index (κ3) is 8.69. The van der Waals surface area contributed by atoms with Gasteiger partial charge in [-0.25, -0.2) is 0 Å². The van der Waals surface area contributed by atoms with Gasteiger partial charge in [-0.15, -0.1) is 0 Å². The molecule has 4 heteroatoms. The number of rotatable bonds is 19. The van der Waals surface area contributed by atoms with Crippen LogP contribution in [0, 0.1) is 46.3 Å². The first kappa shape index (κ1) is 35.4. The second-order valence-electron chi connectivity index (χ2n) is 16.7. The van der Waals surface area contributed by atoms with Crippen molar-refractivity contribution in [1.82, 2.24) is 10.6 Å². The van der Waals surface area contributed by atoms with Crippen molar-refractivity contribution >= 4 is 0 Å². The minimum Gasteiger partial charge on any atom is -0.330 e. The molecule has 9 atom stereocenters. The van der Waals surface area contributed by atoms with Crippen LogP contribution in [0.25, 0.3) is 0 Å². The van der Waals surface area contributed by atoms with E-state index in [4.69, 9.17) is 11.5 Å². The van der Waals surface area contributed by atoms with Gasteiger partial charge in [0.15, 0.2) is 0 Å². The molecule has 250 valence electrons. The molecular weight excluding hydrogens is 524 g/mol. The van der Waals surface area contributed by atoms with E-state index in [1.54, 1.807) is 5.57 Å². The molecule has 0 heterocycles. The SMILES string of the molecule is CC(C)CCCC(C)C1CCC2C3CC(NCCCCCCN)C4=CC(NCCCCCCN)CCC4(C)C3CCC12C. The van der Waals surface area contributed by atoms with Gasteiger partial charge in [0.2, 0.25) is 0 Å². The van der Waals surface area contributed by atoms with Gasteiger partial charge in [-0.3, -0.25) is 0 Å². The highest BCUT2D eigenvalue weighted by Gasteiger charge is 2.60. The van der Waals surface area contributed by atoms with E-state index in [0.29, 0.717) is 22.9 Å². The first-order chi connectivity index (χ1) is 20.7. The molecule has 3 fully saturated rings. The second-order valence-corrected chi connectivity index (χ2v) is 16.7. The maximum absolute atomic E-state index is 5.77. The first-order valence-electron chi connectivity index (χ1n) is 19.3. The number of fused-ring (bicyclic) bond motifs is 5. The number of unbranched alkanes of at least 4 members (excludes halogenated alkanes) is 6. The van der Waals surface area contributed by atoms with Gasteiger partial charge in [-0.05, 0) is 149 Å². The molecule has 4 rings (SSSR count). The average Bonchev–Trinajstić information content (AvgIpc) is 3.34. The number of nitrogens with two attached hydrogens (primary N) is 2. The zero-order chi connectivity index (χ0) is 30.9. The van der Waals surface area contributed by atoms with E-state index in [1.165, 1.54) is 116 Å². The van der Waals surface area contributed by atoms with Crippen molar-refractivity contribution < 1.29 is 0 Å². The highest BCUT2D eigenvalue weighted by molar-refractivity contribution is 5.31. The summed E-state index contributed by atoms with van der Waals surface area (Å²) in [7, 11) is 0. The molecule has 4 nitrogen and oxygen atoms in total. The third-order valence-corrected chi connectivity index (χ3v) is 13.4. The number of hydrogen-bond donors (Lipinski definition) is 4. The standard InChI is InChI=1S/C39H74N4/c1-29(2)15-14-16-30(3)33-17-18-34-32-28-37(43-26-13-9-7-11-24-41)36-27-31(42-25-12-8-6-10-23-40)19-21-39(36,5)35(32)20-22-38(33,34)4/h27,29-35,37,42-43H,6-26,28,40-41H2,1-5H3. The minimum absolute atomic E-state index is 0.377. The molecule has 3 saturated carbocycles. The molecule has 9 unspecified atom stereocenters. The minimum atomic E-state index is 0.377. The summed E-state index contributed by atoms with van der Waals surface area (Å²) >= 11 is 0. The average molecular weight is 599 g/mol. The molecule has 0 saturated heterocycles. The normalized spacial score (nSPS) is 36.2. The Labute approximate surface area is 268 Å². The van der Waals surface area contributed by atoms with Gasteiger partial charge in [-0.1, -0.05) is 85.6 Å². The fourth-order valence-corrected chi connectivity index (χ4v) is 11.0. The van der Waals surface area contributed by atoms with Crippen LogP contribution in [0.4, 0.5) is 0 Å². The van der Waals surface area contributed by atoms with Gasteiger partial charge in [0.05, 0.1) is 0 Å². The van der Waals surface area contributed by atoms with Crippen molar-refractivity contribution in [2.75, 3.05) is 26.2 Å². The van der Waals surface area contributed by atoms with Crippen molar-refractivity contribution in [2.24, 2.45) is 57.8 Å². The molecular formula is C39H74N4. The molecule has 6 N–H and O–H groups in total. The van der Waals surface area contributed by atoms with Crippen molar-refractivity contribution in [2.45, 2.75) is 162 Å². The highest BCUT2D eigenvalue weighted by atomic mass is 14.9. The summed E-state index contributed by atoms with van der Waals surface area (Å²) < 4.78 is 0. The Kier molecular flexibility index (Phi) is 14.0. The van der Waals surface area contributed by atoms with Crippen LogP contribution in [0.5, 0.6) is 0 Å². The smallest absolute Gasteiger partial charge is 0.0288 e. The summed E-state index contributed by atoms with van der Waals surface area (Å²) in [6, 6.07) is 1.12. The van der Waals surface area contributed by atoms with E-state index < -0.39 is 0 Å². The van der Waals surface area contributed by atoms with Crippen LogP contribution in [0.1, 0.15) is 150 Å². The van der Waals surface area contributed by atoms with E-state index >= 15 is 0 Å². The van der Waals surface area contributed by atoms with E-state index in [9.17, 15) is 0 Å². The Bertz CT molecular complexity index is 839. The van der Waals surface area contributed by atoms with Crippen molar-refractivity contribution in [1.29, 1.82) is 0 Å². The van der Waals surface area contributed by atoms with E-state index in [1.807, 2.05) is 0 Å². The van der Waals surface area contributed by atoms with Gasteiger partial charge in [0, 0.05) is 12.1 Å². The van der Waals surface area contributed by atoms with Crippen molar-refractivity contribution in [3.8, 4) is 0 Å². The monoisotopic (exact) mass is 599 g/mol. The molecule has 4 aliphatic carbocycles. The summed E-state index contributed by atoms with van der Waals surface area (Å²) in [4.78, 5) is 0. The second kappa shape index (κ2) is 16.9. The Balaban J connectivity index is 1.46. The fourth-order valence-electron chi connectivity index (χ4n) is 11.0. The Morgan fingerprint density at radius 3 is 2.09 bits per heavy atom. The Morgan fingerprint density at radius 2 is 1.42 bits per heavy atom. The third-order valence-electron chi connectivity index (χ3n) is 13.4. The lowest BCUT2D eigenvalue weighted by Crippen LogP contribution is -2.57. The zero-order valence-electron chi connectivity index (χ0n) is 29.4.